The number of aryl methyl sites for hydroxylation is 1. The molecule has 1 aromatic heterocycles. The van der Waals surface area contributed by atoms with Gasteiger partial charge in [-0.2, -0.15) is 0 Å². The molecule has 5 nitrogen and oxygen atoms in total. The number of nitrogens with one attached hydrogen (secondary N) is 1. The zero-order chi connectivity index (χ0) is 16.4. The zero-order valence-electron chi connectivity index (χ0n) is 13.1. The molecule has 6 heteroatoms. The number of thiophene rings is 1. The molecule has 0 unspecified atom stereocenters. The fourth-order valence-electron chi connectivity index (χ4n) is 2.63. The van der Waals surface area contributed by atoms with Crippen LogP contribution in [0.3, 0.4) is 0 Å². The summed E-state index contributed by atoms with van der Waals surface area (Å²) in [5, 5.41) is 2.86. The van der Waals surface area contributed by atoms with Crippen LogP contribution in [0.1, 0.15) is 27.4 Å². The van der Waals surface area contributed by atoms with Gasteiger partial charge in [0.1, 0.15) is 5.75 Å². The van der Waals surface area contributed by atoms with Crippen LogP contribution in [0.4, 0.5) is 11.4 Å². The summed E-state index contributed by atoms with van der Waals surface area (Å²) >= 11 is 1.45. The van der Waals surface area contributed by atoms with Gasteiger partial charge in [-0.25, -0.2) is 0 Å². The highest BCUT2D eigenvalue weighted by atomic mass is 32.1. The van der Waals surface area contributed by atoms with Crippen LogP contribution in [0.5, 0.6) is 5.75 Å². The number of hydrogen-bond acceptors (Lipinski definition) is 4. The minimum atomic E-state index is -0.143. The Bertz CT molecular complexity index is 754. The molecule has 2 aromatic rings. The molecule has 0 radical (unpaired) electrons. The minimum Gasteiger partial charge on any atom is -0.494 e. The van der Waals surface area contributed by atoms with E-state index in [1.54, 1.807) is 24.1 Å². The Morgan fingerprint density at radius 3 is 2.74 bits per heavy atom. The Balaban J connectivity index is 1.81. The molecule has 1 aliphatic rings. The molecule has 120 valence electrons. The highest BCUT2D eigenvalue weighted by Crippen LogP contribution is 2.34. The monoisotopic (exact) mass is 330 g/mol. The lowest BCUT2D eigenvalue weighted by Gasteiger charge is -2.19. The summed E-state index contributed by atoms with van der Waals surface area (Å²) < 4.78 is 5.40. The fraction of sp³-hybridized carbons (Fsp3) is 0.294. The first-order valence-corrected chi connectivity index (χ1v) is 8.26. The van der Waals surface area contributed by atoms with Crippen LogP contribution in [-0.4, -0.2) is 25.5 Å². The standard InChI is InChI=1S/C17H18N2O3S/c1-11-5-8-15(23-11)17(21)18-12-6-7-13(14(10-12)22-2)19-9-3-4-16(19)20/h5-8,10H,3-4,9H2,1-2H3,(H,18,21). The van der Waals surface area contributed by atoms with Gasteiger partial charge in [0.05, 0.1) is 17.7 Å². The number of rotatable bonds is 4. The van der Waals surface area contributed by atoms with E-state index in [4.69, 9.17) is 4.74 Å². The van der Waals surface area contributed by atoms with Gasteiger partial charge in [-0.05, 0) is 37.6 Å². The topological polar surface area (TPSA) is 58.6 Å². The van der Waals surface area contributed by atoms with Crippen LogP contribution < -0.4 is 15.0 Å². The predicted molar refractivity (Wildman–Crippen MR) is 91.6 cm³/mol. The predicted octanol–water partition coefficient (Wildman–Crippen LogP) is 3.44. The average molecular weight is 330 g/mol. The van der Waals surface area contributed by atoms with Crippen molar-refractivity contribution in [3.63, 3.8) is 0 Å². The highest BCUT2D eigenvalue weighted by molar-refractivity contribution is 7.14. The molecule has 3 rings (SSSR count). The number of carbonyl (C=O) groups is 2. The van der Waals surface area contributed by atoms with E-state index < -0.39 is 0 Å². The van der Waals surface area contributed by atoms with Crippen LogP contribution in [0.2, 0.25) is 0 Å². The minimum absolute atomic E-state index is 0.106. The van der Waals surface area contributed by atoms with Crippen molar-refractivity contribution in [2.24, 2.45) is 0 Å². The van der Waals surface area contributed by atoms with Crippen molar-refractivity contribution in [1.82, 2.24) is 0 Å². The van der Waals surface area contributed by atoms with Gasteiger partial charge in [-0.3, -0.25) is 9.59 Å². The first-order chi connectivity index (χ1) is 11.1. The van der Waals surface area contributed by atoms with E-state index in [2.05, 4.69) is 5.32 Å². The van der Waals surface area contributed by atoms with Crippen molar-refractivity contribution in [2.75, 3.05) is 23.9 Å². The normalized spacial score (nSPS) is 14.2. The number of amides is 2. The second kappa shape index (κ2) is 6.42. The molecule has 1 aromatic carbocycles. The number of methoxy groups -OCH3 is 1. The van der Waals surface area contributed by atoms with Crippen molar-refractivity contribution in [3.05, 3.63) is 40.1 Å². The smallest absolute Gasteiger partial charge is 0.265 e. The molecule has 1 aliphatic heterocycles. The van der Waals surface area contributed by atoms with Crippen molar-refractivity contribution < 1.29 is 14.3 Å². The molecule has 0 saturated carbocycles. The van der Waals surface area contributed by atoms with Gasteiger partial charge in [-0.1, -0.05) is 0 Å². The van der Waals surface area contributed by atoms with Gasteiger partial charge in [0.2, 0.25) is 5.91 Å². The Kier molecular flexibility index (Phi) is 4.34. The first-order valence-electron chi connectivity index (χ1n) is 7.44. The molecule has 1 N–H and O–H groups in total. The molecule has 2 heterocycles. The summed E-state index contributed by atoms with van der Waals surface area (Å²) in [4.78, 5) is 27.6. The van der Waals surface area contributed by atoms with E-state index in [-0.39, 0.29) is 11.8 Å². The molecule has 2 amide bonds. The maximum absolute atomic E-state index is 12.2. The van der Waals surface area contributed by atoms with Gasteiger partial charge in [0.25, 0.3) is 5.91 Å². The second-order valence-corrected chi connectivity index (χ2v) is 6.69. The number of benzene rings is 1. The maximum Gasteiger partial charge on any atom is 0.265 e. The quantitative estimate of drug-likeness (QED) is 0.934. The van der Waals surface area contributed by atoms with E-state index in [9.17, 15) is 9.59 Å². The Labute approximate surface area is 138 Å². The van der Waals surface area contributed by atoms with E-state index in [0.717, 1.165) is 17.0 Å². The van der Waals surface area contributed by atoms with Gasteiger partial charge in [0, 0.05) is 29.6 Å². The number of hydrogen-bond donors (Lipinski definition) is 1. The molecule has 0 atom stereocenters. The molecule has 0 aliphatic carbocycles. The molecule has 1 fully saturated rings. The molecule has 0 spiro atoms. The van der Waals surface area contributed by atoms with Crippen LogP contribution >= 0.6 is 11.3 Å². The van der Waals surface area contributed by atoms with Gasteiger partial charge >= 0.3 is 0 Å². The van der Waals surface area contributed by atoms with E-state index >= 15 is 0 Å². The number of carbonyl (C=O) groups excluding carboxylic acids is 2. The number of ether oxygens (including phenoxy) is 1. The third-order valence-corrected chi connectivity index (χ3v) is 4.77. The lowest BCUT2D eigenvalue weighted by molar-refractivity contribution is -0.117. The van der Waals surface area contributed by atoms with Gasteiger partial charge in [-0.15, -0.1) is 11.3 Å². The van der Waals surface area contributed by atoms with Crippen LogP contribution in [-0.2, 0) is 4.79 Å². The lowest BCUT2D eigenvalue weighted by Crippen LogP contribution is -2.24. The average Bonchev–Trinajstić information content (AvgIpc) is 3.16. The van der Waals surface area contributed by atoms with Crippen molar-refractivity contribution in [1.29, 1.82) is 0 Å². The second-order valence-electron chi connectivity index (χ2n) is 5.40. The highest BCUT2D eigenvalue weighted by Gasteiger charge is 2.24. The molecule has 1 saturated heterocycles. The zero-order valence-corrected chi connectivity index (χ0v) is 13.9. The van der Waals surface area contributed by atoms with Gasteiger partial charge in [0.15, 0.2) is 0 Å². The maximum atomic E-state index is 12.2. The summed E-state index contributed by atoms with van der Waals surface area (Å²) in [6.45, 7) is 2.67. The SMILES string of the molecule is COc1cc(NC(=O)c2ccc(C)s2)ccc1N1CCCC1=O. The van der Waals surface area contributed by atoms with Crippen LogP contribution in [0.25, 0.3) is 0 Å². The van der Waals surface area contributed by atoms with Crippen molar-refractivity contribution in [3.8, 4) is 5.75 Å². The third kappa shape index (κ3) is 3.22. The molecule has 23 heavy (non-hydrogen) atoms. The van der Waals surface area contributed by atoms with E-state index in [0.29, 0.717) is 29.3 Å². The van der Waals surface area contributed by atoms with Crippen molar-refractivity contribution in [2.45, 2.75) is 19.8 Å². The Hall–Kier alpha value is -2.34. The summed E-state index contributed by atoms with van der Waals surface area (Å²) in [7, 11) is 1.56. The van der Waals surface area contributed by atoms with E-state index in [1.165, 1.54) is 11.3 Å². The molecule has 0 bridgehead atoms. The molecular formula is C17H18N2O3S. The fourth-order valence-corrected chi connectivity index (χ4v) is 3.39. The Morgan fingerprint density at radius 1 is 1.30 bits per heavy atom. The van der Waals surface area contributed by atoms with Crippen LogP contribution in [0, 0.1) is 6.92 Å². The summed E-state index contributed by atoms with van der Waals surface area (Å²) in [5.74, 6) is 0.546. The third-order valence-electron chi connectivity index (χ3n) is 3.77. The van der Waals surface area contributed by atoms with Crippen LogP contribution in [0.15, 0.2) is 30.3 Å². The Morgan fingerprint density at radius 2 is 2.13 bits per heavy atom. The number of anilines is 2. The summed E-state index contributed by atoms with van der Waals surface area (Å²) in [6.07, 6.45) is 1.43. The number of nitrogens with zero attached hydrogens (tertiary/aromatic N) is 1. The van der Waals surface area contributed by atoms with Crippen molar-refractivity contribution >= 4 is 34.5 Å². The largest absolute Gasteiger partial charge is 0.494 e. The first kappa shape index (κ1) is 15.6. The molecular weight excluding hydrogens is 312 g/mol. The summed E-state index contributed by atoms with van der Waals surface area (Å²) in [5.41, 5.74) is 1.40. The van der Waals surface area contributed by atoms with E-state index in [1.807, 2.05) is 25.1 Å². The van der Waals surface area contributed by atoms with Gasteiger partial charge < -0.3 is 15.0 Å². The lowest BCUT2D eigenvalue weighted by atomic mass is 10.2. The summed E-state index contributed by atoms with van der Waals surface area (Å²) in [6, 6.07) is 9.09.